The van der Waals surface area contributed by atoms with Crippen LogP contribution in [-0.4, -0.2) is 46.3 Å². The summed E-state index contributed by atoms with van der Waals surface area (Å²) in [4.78, 5) is 8.18. The monoisotopic (exact) mass is 291 g/mol. The summed E-state index contributed by atoms with van der Waals surface area (Å²) in [5.74, 6) is 1.05. The van der Waals surface area contributed by atoms with Crippen molar-refractivity contribution in [2.75, 3.05) is 19.7 Å². The van der Waals surface area contributed by atoms with Crippen molar-refractivity contribution >= 4 is 11.3 Å². The van der Waals surface area contributed by atoms with Crippen molar-refractivity contribution in [2.45, 2.75) is 32.5 Å². The van der Waals surface area contributed by atoms with E-state index in [4.69, 9.17) is 4.74 Å². The van der Waals surface area contributed by atoms with Gasteiger partial charge in [0.05, 0.1) is 24.1 Å². The van der Waals surface area contributed by atoms with Crippen LogP contribution in [0.3, 0.4) is 0 Å². The molecule has 1 saturated heterocycles. The normalized spacial score (nSPS) is 20.6. The van der Waals surface area contributed by atoms with E-state index in [2.05, 4.69) is 45.8 Å². The predicted octanol–water partition coefficient (Wildman–Crippen LogP) is 2.72. The van der Waals surface area contributed by atoms with E-state index in [1.807, 2.05) is 12.4 Å². The highest BCUT2D eigenvalue weighted by Crippen LogP contribution is 2.23. The average molecular weight is 291 g/mol. The third-order valence-electron chi connectivity index (χ3n) is 3.76. The van der Waals surface area contributed by atoms with Crippen molar-refractivity contribution < 1.29 is 4.74 Å². The van der Waals surface area contributed by atoms with Gasteiger partial charge in [0, 0.05) is 31.5 Å². The van der Waals surface area contributed by atoms with Crippen LogP contribution < -0.4 is 0 Å². The van der Waals surface area contributed by atoms with Crippen LogP contribution in [0.25, 0.3) is 10.7 Å². The first-order chi connectivity index (χ1) is 9.74. The molecule has 20 heavy (non-hydrogen) atoms. The Morgan fingerprint density at radius 1 is 1.50 bits per heavy atom. The minimum Gasteiger partial charge on any atom is -0.374 e. The van der Waals surface area contributed by atoms with Gasteiger partial charge >= 0.3 is 0 Å². The van der Waals surface area contributed by atoms with E-state index in [-0.39, 0.29) is 6.10 Å². The topological polar surface area (TPSA) is 30.3 Å². The van der Waals surface area contributed by atoms with Gasteiger partial charge in [0.2, 0.25) is 0 Å². The number of thiophene rings is 1. The molecular formula is C15H21N3OS. The van der Waals surface area contributed by atoms with Crippen molar-refractivity contribution in [3.05, 3.63) is 29.9 Å². The largest absolute Gasteiger partial charge is 0.374 e. The maximum Gasteiger partial charge on any atom is 0.150 e. The molecule has 1 atom stereocenters. The van der Waals surface area contributed by atoms with E-state index in [1.165, 1.54) is 4.88 Å². The summed E-state index contributed by atoms with van der Waals surface area (Å²) in [6, 6.07) is 4.77. The molecule has 4 nitrogen and oxygen atoms in total. The van der Waals surface area contributed by atoms with Crippen molar-refractivity contribution in [3.8, 4) is 10.7 Å². The Morgan fingerprint density at radius 2 is 2.40 bits per heavy atom. The van der Waals surface area contributed by atoms with Crippen LogP contribution >= 0.6 is 11.3 Å². The van der Waals surface area contributed by atoms with E-state index in [1.54, 1.807) is 11.3 Å². The molecule has 0 bridgehead atoms. The molecule has 0 N–H and O–H groups in total. The van der Waals surface area contributed by atoms with Gasteiger partial charge in [-0.3, -0.25) is 4.90 Å². The van der Waals surface area contributed by atoms with Gasteiger partial charge in [-0.25, -0.2) is 4.98 Å². The Kier molecular flexibility index (Phi) is 4.19. The SMILES string of the molecule is CC(C)N1CCOC(Cn2ccnc2-c2cccs2)C1. The van der Waals surface area contributed by atoms with Gasteiger partial charge in [-0.15, -0.1) is 11.3 Å². The van der Waals surface area contributed by atoms with Crippen LogP contribution in [0, 0.1) is 0 Å². The average Bonchev–Trinajstić information content (AvgIpc) is 3.09. The Balaban J connectivity index is 1.71. The summed E-state index contributed by atoms with van der Waals surface area (Å²) in [6.07, 6.45) is 4.17. The summed E-state index contributed by atoms with van der Waals surface area (Å²) in [7, 11) is 0. The van der Waals surface area contributed by atoms with Crippen LogP contribution in [0.2, 0.25) is 0 Å². The number of hydrogen-bond donors (Lipinski definition) is 0. The number of aromatic nitrogens is 2. The molecule has 3 rings (SSSR count). The molecule has 0 saturated carbocycles. The van der Waals surface area contributed by atoms with E-state index in [0.29, 0.717) is 6.04 Å². The highest BCUT2D eigenvalue weighted by atomic mass is 32.1. The Bertz CT molecular complexity index is 535. The molecule has 1 aliphatic rings. The number of morpholine rings is 1. The zero-order valence-electron chi connectivity index (χ0n) is 12.0. The summed E-state index contributed by atoms with van der Waals surface area (Å²) < 4.78 is 8.13. The number of ether oxygens (including phenoxy) is 1. The fourth-order valence-electron chi connectivity index (χ4n) is 2.63. The summed E-state index contributed by atoms with van der Waals surface area (Å²) in [5, 5.41) is 2.09. The van der Waals surface area contributed by atoms with E-state index in [9.17, 15) is 0 Å². The third-order valence-corrected chi connectivity index (χ3v) is 4.62. The van der Waals surface area contributed by atoms with Gasteiger partial charge in [0.25, 0.3) is 0 Å². The highest BCUT2D eigenvalue weighted by Gasteiger charge is 2.23. The number of nitrogens with zero attached hydrogens (tertiary/aromatic N) is 3. The van der Waals surface area contributed by atoms with Gasteiger partial charge < -0.3 is 9.30 Å². The molecule has 1 aliphatic heterocycles. The number of rotatable bonds is 4. The van der Waals surface area contributed by atoms with E-state index >= 15 is 0 Å². The maximum absolute atomic E-state index is 5.92. The zero-order chi connectivity index (χ0) is 13.9. The minimum atomic E-state index is 0.249. The first kappa shape index (κ1) is 13.8. The number of hydrogen-bond acceptors (Lipinski definition) is 4. The summed E-state index contributed by atoms with van der Waals surface area (Å²) >= 11 is 1.73. The molecule has 0 aliphatic carbocycles. The zero-order valence-corrected chi connectivity index (χ0v) is 12.8. The molecule has 0 spiro atoms. The molecule has 0 aromatic carbocycles. The molecule has 0 amide bonds. The van der Waals surface area contributed by atoms with Crippen LogP contribution in [0.1, 0.15) is 13.8 Å². The van der Waals surface area contributed by atoms with Crippen molar-refractivity contribution in [3.63, 3.8) is 0 Å². The van der Waals surface area contributed by atoms with E-state index in [0.717, 1.165) is 32.1 Å². The minimum absolute atomic E-state index is 0.249. The second-order valence-electron chi connectivity index (χ2n) is 5.46. The fourth-order valence-corrected chi connectivity index (χ4v) is 3.36. The van der Waals surface area contributed by atoms with Gasteiger partial charge in [-0.2, -0.15) is 0 Å². The smallest absolute Gasteiger partial charge is 0.150 e. The molecular weight excluding hydrogens is 270 g/mol. The van der Waals surface area contributed by atoms with Crippen LogP contribution in [0.5, 0.6) is 0 Å². The Hall–Kier alpha value is -1.17. The van der Waals surface area contributed by atoms with Crippen molar-refractivity contribution in [1.29, 1.82) is 0 Å². The third kappa shape index (κ3) is 2.95. The molecule has 108 valence electrons. The number of imidazole rings is 1. The van der Waals surface area contributed by atoms with Gasteiger partial charge in [0.15, 0.2) is 0 Å². The van der Waals surface area contributed by atoms with Crippen LogP contribution in [0.15, 0.2) is 29.9 Å². The summed E-state index contributed by atoms with van der Waals surface area (Å²) in [5.41, 5.74) is 0. The predicted molar refractivity (Wildman–Crippen MR) is 82.0 cm³/mol. The van der Waals surface area contributed by atoms with E-state index < -0.39 is 0 Å². The first-order valence-corrected chi connectivity index (χ1v) is 8.02. The molecule has 3 heterocycles. The lowest BCUT2D eigenvalue weighted by molar-refractivity contribution is -0.0454. The second kappa shape index (κ2) is 6.08. The van der Waals surface area contributed by atoms with Gasteiger partial charge in [0.1, 0.15) is 5.82 Å². The Labute approximate surface area is 124 Å². The van der Waals surface area contributed by atoms with Crippen LogP contribution in [-0.2, 0) is 11.3 Å². The first-order valence-electron chi connectivity index (χ1n) is 7.14. The molecule has 1 fully saturated rings. The molecule has 5 heteroatoms. The standard InChI is InChI=1S/C15H21N3OS/c1-12(2)17-7-8-19-13(10-17)11-18-6-5-16-15(18)14-4-3-9-20-14/h3-6,9,12-13H,7-8,10-11H2,1-2H3. The lowest BCUT2D eigenvalue weighted by Crippen LogP contribution is -2.47. The van der Waals surface area contributed by atoms with Gasteiger partial charge in [-0.1, -0.05) is 6.07 Å². The van der Waals surface area contributed by atoms with Gasteiger partial charge in [-0.05, 0) is 25.3 Å². The summed E-state index contributed by atoms with van der Waals surface area (Å²) in [6.45, 7) is 8.23. The van der Waals surface area contributed by atoms with Crippen molar-refractivity contribution in [1.82, 2.24) is 14.5 Å². The molecule has 0 radical (unpaired) electrons. The van der Waals surface area contributed by atoms with Crippen molar-refractivity contribution in [2.24, 2.45) is 0 Å². The quantitative estimate of drug-likeness (QED) is 0.867. The highest BCUT2D eigenvalue weighted by molar-refractivity contribution is 7.13. The fraction of sp³-hybridized carbons (Fsp3) is 0.533. The lowest BCUT2D eigenvalue weighted by atomic mass is 10.2. The maximum atomic E-state index is 5.92. The Morgan fingerprint density at radius 3 is 3.15 bits per heavy atom. The molecule has 1 unspecified atom stereocenters. The lowest BCUT2D eigenvalue weighted by Gasteiger charge is -2.35. The molecule has 2 aromatic heterocycles. The second-order valence-corrected chi connectivity index (χ2v) is 6.41. The molecule has 2 aromatic rings. The van der Waals surface area contributed by atoms with Crippen LogP contribution in [0.4, 0.5) is 0 Å².